The fourth-order valence-corrected chi connectivity index (χ4v) is 4.20. The van der Waals surface area contributed by atoms with E-state index in [1.54, 1.807) is 11.8 Å². The molecule has 0 bridgehead atoms. The van der Waals surface area contributed by atoms with Crippen LogP contribution >= 0.6 is 11.8 Å². The van der Waals surface area contributed by atoms with Gasteiger partial charge in [0.15, 0.2) is 0 Å². The Hall–Kier alpha value is -2.47. The van der Waals surface area contributed by atoms with Crippen molar-refractivity contribution in [2.75, 3.05) is 11.1 Å². The molecule has 0 unspecified atom stereocenters. The normalized spacial score (nSPS) is 18.9. The van der Waals surface area contributed by atoms with Crippen LogP contribution in [0.5, 0.6) is 0 Å². The van der Waals surface area contributed by atoms with Crippen molar-refractivity contribution in [2.45, 2.75) is 49.6 Å². The first-order chi connectivity index (χ1) is 13.7. The van der Waals surface area contributed by atoms with Crippen LogP contribution < -0.4 is 10.6 Å². The third-order valence-corrected chi connectivity index (χ3v) is 5.64. The van der Waals surface area contributed by atoms with Gasteiger partial charge in [0.05, 0.1) is 5.56 Å². The lowest BCUT2D eigenvalue weighted by Crippen LogP contribution is -2.41. The lowest BCUT2D eigenvalue weighted by atomic mass is 9.92. The van der Waals surface area contributed by atoms with Gasteiger partial charge in [-0.1, -0.05) is 37.3 Å². The zero-order chi connectivity index (χ0) is 19.8. The van der Waals surface area contributed by atoms with Gasteiger partial charge in [0.25, 0.3) is 5.91 Å². The molecule has 3 rings (SSSR count). The minimum atomic E-state index is -0.451. The highest BCUT2D eigenvalue weighted by atomic mass is 32.2. The van der Waals surface area contributed by atoms with E-state index in [1.165, 1.54) is 0 Å². The number of anilines is 1. The van der Waals surface area contributed by atoms with Crippen LogP contribution in [0.1, 0.15) is 43.0 Å². The fraction of sp³-hybridized carbons (Fsp3) is 0.364. The second-order valence-electron chi connectivity index (χ2n) is 6.78. The van der Waals surface area contributed by atoms with Crippen molar-refractivity contribution in [1.82, 2.24) is 5.32 Å². The molecule has 5 nitrogen and oxygen atoms in total. The number of amides is 2. The molecule has 1 fully saturated rings. The lowest BCUT2D eigenvalue weighted by molar-refractivity contribution is 0.0711. The summed E-state index contributed by atoms with van der Waals surface area (Å²) in [7, 11) is 0. The van der Waals surface area contributed by atoms with Crippen LogP contribution in [0, 0.1) is 0 Å². The number of carbonyl (C=O) groups excluding carboxylic acids is 2. The molecule has 0 spiro atoms. The summed E-state index contributed by atoms with van der Waals surface area (Å²) >= 11 is 1.66. The summed E-state index contributed by atoms with van der Waals surface area (Å²) in [5.41, 5.74) is 1.41. The minimum Gasteiger partial charge on any atom is -0.446 e. The molecule has 2 aromatic carbocycles. The third-order valence-electron chi connectivity index (χ3n) is 4.69. The van der Waals surface area contributed by atoms with E-state index in [0.717, 1.165) is 29.9 Å². The smallest absolute Gasteiger partial charge is 0.411 e. The molecule has 1 aliphatic rings. The summed E-state index contributed by atoms with van der Waals surface area (Å²) < 4.78 is 5.57. The van der Waals surface area contributed by atoms with Crippen LogP contribution in [-0.4, -0.2) is 29.9 Å². The van der Waals surface area contributed by atoms with Crippen molar-refractivity contribution < 1.29 is 14.3 Å². The van der Waals surface area contributed by atoms with Crippen molar-refractivity contribution in [3.8, 4) is 0 Å². The van der Waals surface area contributed by atoms with Crippen LogP contribution in [-0.2, 0) is 4.74 Å². The zero-order valence-electron chi connectivity index (χ0n) is 16.0. The number of nitrogens with one attached hydrogen (secondary N) is 2. The van der Waals surface area contributed by atoms with E-state index in [4.69, 9.17) is 4.74 Å². The van der Waals surface area contributed by atoms with E-state index < -0.39 is 6.09 Å². The molecule has 148 valence electrons. The summed E-state index contributed by atoms with van der Waals surface area (Å²) in [6, 6.07) is 16.9. The molecule has 1 saturated carbocycles. The first kappa shape index (κ1) is 20.3. The number of hydrogen-bond donors (Lipinski definition) is 2. The largest absolute Gasteiger partial charge is 0.446 e. The Kier molecular flexibility index (Phi) is 7.37. The van der Waals surface area contributed by atoms with Crippen LogP contribution in [0.15, 0.2) is 59.5 Å². The molecular weight excluding hydrogens is 372 g/mol. The summed E-state index contributed by atoms with van der Waals surface area (Å²) in [6.07, 6.45) is 2.62. The van der Waals surface area contributed by atoms with E-state index in [-0.39, 0.29) is 18.1 Å². The molecule has 2 N–H and O–H groups in total. The molecule has 2 atom stereocenters. The molecule has 0 radical (unpaired) electrons. The average molecular weight is 399 g/mol. The lowest BCUT2D eigenvalue weighted by Gasteiger charge is -2.29. The Labute approximate surface area is 170 Å². The highest BCUT2D eigenvalue weighted by Gasteiger charge is 2.26. The minimum absolute atomic E-state index is 0.00968. The molecule has 2 aromatic rings. The molecule has 28 heavy (non-hydrogen) atoms. The van der Waals surface area contributed by atoms with Gasteiger partial charge in [-0.2, -0.15) is 0 Å². The van der Waals surface area contributed by atoms with E-state index in [1.807, 2.05) is 54.6 Å². The van der Waals surface area contributed by atoms with Gasteiger partial charge in [0.1, 0.15) is 6.10 Å². The standard InChI is InChI=1S/C22H26N2O3S/c1-2-28-20-14-7-6-13-19(20)21(25)23-17-11-8-12-18(15-17)27-22(26)24-16-9-4-3-5-10-16/h3-7,9-10,13-14,17-18H,2,8,11-12,15H2,1H3,(H,23,25)(H,24,26)/t17-,18+/m0/s1. The first-order valence-corrected chi connectivity index (χ1v) is 10.7. The first-order valence-electron chi connectivity index (χ1n) is 9.71. The van der Waals surface area contributed by atoms with Gasteiger partial charge >= 0.3 is 6.09 Å². The number of rotatable bonds is 6. The maximum absolute atomic E-state index is 12.7. The Bertz CT molecular complexity index is 797. The quantitative estimate of drug-likeness (QED) is 0.665. The Morgan fingerprint density at radius 2 is 1.82 bits per heavy atom. The van der Waals surface area contributed by atoms with Crippen molar-refractivity contribution in [1.29, 1.82) is 0 Å². The summed E-state index contributed by atoms with van der Waals surface area (Å²) in [6.45, 7) is 2.07. The molecule has 0 aromatic heterocycles. The number of thioether (sulfide) groups is 1. The van der Waals surface area contributed by atoms with E-state index in [0.29, 0.717) is 17.7 Å². The summed E-state index contributed by atoms with van der Waals surface area (Å²) in [5, 5.41) is 5.86. The number of hydrogen-bond acceptors (Lipinski definition) is 4. The van der Waals surface area contributed by atoms with E-state index >= 15 is 0 Å². The highest BCUT2D eigenvalue weighted by Crippen LogP contribution is 2.25. The van der Waals surface area contributed by atoms with Crippen LogP contribution in [0.25, 0.3) is 0 Å². The summed E-state index contributed by atoms with van der Waals surface area (Å²) in [5.74, 6) is 0.858. The zero-order valence-corrected chi connectivity index (χ0v) is 16.8. The topological polar surface area (TPSA) is 67.4 Å². The second kappa shape index (κ2) is 10.2. The maximum atomic E-state index is 12.7. The Morgan fingerprint density at radius 1 is 1.07 bits per heavy atom. The predicted molar refractivity (Wildman–Crippen MR) is 113 cm³/mol. The van der Waals surface area contributed by atoms with Gasteiger partial charge in [-0.15, -0.1) is 11.8 Å². The van der Waals surface area contributed by atoms with Crippen molar-refractivity contribution >= 4 is 29.4 Å². The molecule has 2 amide bonds. The van der Waals surface area contributed by atoms with Gasteiger partial charge in [-0.25, -0.2) is 4.79 Å². The van der Waals surface area contributed by atoms with Gasteiger partial charge in [0.2, 0.25) is 0 Å². The SMILES string of the molecule is CCSc1ccccc1C(=O)N[C@H]1CCC[C@@H](OC(=O)Nc2ccccc2)C1. The van der Waals surface area contributed by atoms with E-state index in [9.17, 15) is 9.59 Å². The molecular formula is C22H26N2O3S. The molecule has 1 aliphatic carbocycles. The monoisotopic (exact) mass is 398 g/mol. The van der Waals surface area contributed by atoms with Crippen molar-refractivity contribution in [2.24, 2.45) is 0 Å². The molecule has 6 heteroatoms. The van der Waals surface area contributed by atoms with Gasteiger partial charge in [-0.3, -0.25) is 10.1 Å². The van der Waals surface area contributed by atoms with Gasteiger partial charge in [-0.05, 0) is 49.3 Å². The number of para-hydroxylation sites is 1. The maximum Gasteiger partial charge on any atom is 0.411 e. The highest BCUT2D eigenvalue weighted by molar-refractivity contribution is 7.99. The van der Waals surface area contributed by atoms with Crippen molar-refractivity contribution in [3.05, 3.63) is 60.2 Å². The number of carbonyl (C=O) groups is 2. The van der Waals surface area contributed by atoms with Crippen LogP contribution in [0.3, 0.4) is 0 Å². The fourth-order valence-electron chi connectivity index (χ4n) is 3.40. The number of ether oxygens (including phenoxy) is 1. The Morgan fingerprint density at radius 3 is 2.61 bits per heavy atom. The Balaban J connectivity index is 1.53. The predicted octanol–water partition coefficient (Wildman–Crippen LogP) is 5.09. The van der Waals surface area contributed by atoms with Gasteiger partial charge in [0, 0.05) is 23.0 Å². The molecule has 0 saturated heterocycles. The summed E-state index contributed by atoms with van der Waals surface area (Å²) in [4.78, 5) is 25.9. The second-order valence-corrected chi connectivity index (χ2v) is 8.09. The third kappa shape index (κ3) is 5.76. The average Bonchev–Trinajstić information content (AvgIpc) is 2.69. The van der Waals surface area contributed by atoms with Crippen molar-refractivity contribution in [3.63, 3.8) is 0 Å². The van der Waals surface area contributed by atoms with Crippen LogP contribution in [0.4, 0.5) is 10.5 Å². The van der Waals surface area contributed by atoms with Crippen LogP contribution in [0.2, 0.25) is 0 Å². The molecule has 0 aliphatic heterocycles. The molecule has 0 heterocycles. The number of benzene rings is 2. The van der Waals surface area contributed by atoms with E-state index in [2.05, 4.69) is 17.6 Å². The van der Waals surface area contributed by atoms with Gasteiger partial charge < -0.3 is 10.1 Å².